The summed E-state index contributed by atoms with van der Waals surface area (Å²) in [5, 5.41) is 10.7. The third-order valence-electron chi connectivity index (χ3n) is 2.94. The van der Waals surface area contributed by atoms with Crippen LogP contribution < -0.4 is 10.6 Å². The van der Waals surface area contributed by atoms with Crippen LogP contribution in [0.4, 0.5) is 15.8 Å². The third kappa shape index (κ3) is 1.84. The van der Waals surface area contributed by atoms with E-state index >= 15 is 0 Å². The highest BCUT2D eigenvalue weighted by atomic mass is 19.1. The van der Waals surface area contributed by atoms with Crippen molar-refractivity contribution in [1.29, 1.82) is 0 Å². The molecule has 5 heteroatoms. The smallest absolute Gasteiger partial charge is 0.125 e. The molecule has 0 aliphatic carbocycles. The Balaban J connectivity index is 1.89. The van der Waals surface area contributed by atoms with Gasteiger partial charge in [0.1, 0.15) is 5.82 Å². The van der Waals surface area contributed by atoms with Crippen molar-refractivity contribution in [2.24, 2.45) is 7.05 Å². The third-order valence-corrected chi connectivity index (χ3v) is 2.94. The first-order valence-electron chi connectivity index (χ1n) is 5.51. The average Bonchev–Trinajstić information content (AvgIpc) is 2.75. The second-order valence-electron chi connectivity index (χ2n) is 4.22. The lowest BCUT2D eigenvalue weighted by Gasteiger charge is -2.27. The molecule has 3 rings (SSSR count). The number of rotatable bonds is 1. The monoisotopic (exact) mass is 232 g/mol. The molecule has 2 aromatic rings. The van der Waals surface area contributed by atoms with Crippen LogP contribution in [0.5, 0.6) is 0 Å². The molecule has 0 spiro atoms. The van der Waals surface area contributed by atoms with Crippen molar-refractivity contribution in [2.75, 3.05) is 17.2 Å². The van der Waals surface area contributed by atoms with E-state index in [9.17, 15) is 4.39 Å². The minimum Gasteiger partial charge on any atom is -0.381 e. The molecular formula is C12H13FN4. The van der Waals surface area contributed by atoms with Crippen molar-refractivity contribution < 1.29 is 4.39 Å². The quantitative estimate of drug-likeness (QED) is 0.791. The molecule has 0 saturated carbocycles. The van der Waals surface area contributed by atoms with Crippen LogP contribution in [0, 0.1) is 5.82 Å². The molecule has 4 nitrogen and oxygen atoms in total. The van der Waals surface area contributed by atoms with Crippen LogP contribution >= 0.6 is 0 Å². The summed E-state index contributed by atoms with van der Waals surface area (Å²) in [5.41, 5.74) is 2.83. The molecule has 1 aliphatic heterocycles. The molecule has 2 N–H and O–H groups in total. The Labute approximate surface area is 98.4 Å². The molecule has 1 aromatic heterocycles. The zero-order chi connectivity index (χ0) is 11.8. The predicted molar refractivity (Wildman–Crippen MR) is 64.5 cm³/mol. The number of anilines is 2. The summed E-state index contributed by atoms with van der Waals surface area (Å²) in [4.78, 5) is 0. The van der Waals surface area contributed by atoms with Gasteiger partial charge in [-0.1, -0.05) is 0 Å². The largest absolute Gasteiger partial charge is 0.381 e. The van der Waals surface area contributed by atoms with Crippen LogP contribution in [0.15, 0.2) is 30.6 Å². The molecule has 17 heavy (non-hydrogen) atoms. The Morgan fingerprint density at radius 3 is 3.06 bits per heavy atom. The van der Waals surface area contributed by atoms with Gasteiger partial charge in [-0.2, -0.15) is 5.10 Å². The normalized spacial score (nSPS) is 18.1. The number of halogens is 1. The number of fused-ring (bicyclic) bond motifs is 1. The standard InChI is InChI=1S/C12H13FN4/c1-17-7-8(5-15-17)12-6-14-10-3-2-9(13)4-11(10)16-12/h2-5,7,12,14,16H,6H2,1H3. The fourth-order valence-electron chi connectivity index (χ4n) is 2.06. The van der Waals surface area contributed by atoms with Gasteiger partial charge in [-0.15, -0.1) is 0 Å². The summed E-state index contributed by atoms with van der Waals surface area (Å²) in [7, 11) is 1.88. The highest BCUT2D eigenvalue weighted by Crippen LogP contribution is 2.31. The second kappa shape index (κ2) is 3.76. The van der Waals surface area contributed by atoms with Gasteiger partial charge in [-0.3, -0.25) is 4.68 Å². The van der Waals surface area contributed by atoms with Crippen LogP contribution in [0.2, 0.25) is 0 Å². The first-order chi connectivity index (χ1) is 8.22. The van der Waals surface area contributed by atoms with Crippen molar-refractivity contribution in [1.82, 2.24) is 9.78 Å². The van der Waals surface area contributed by atoms with Gasteiger partial charge in [-0.05, 0) is 18.2 Å². The Morgan fingerprint density at radius 2 is 2.29 bits per heavy atom. The Kier molecular flexibility index (Phi) is 2.24. The molecule has 2 heterocycles. The van der Waals surface area contributed by atoms with Crippen LogP contribution in [-0.4, -0.2) is 16.3 Å². The number of aryl methyl sites for hydroxylation is 1. The van der Waals surface area contributed by atoms with E-state index in [0.29, 0.717) is 0 Å². The van der Waals surface area contributed by atoms with Gasteiger partial charge in [0.15, 0.2) is 0 Å². The van der Waals surface area contributed by atoms with E-state index in [4.69, 9.17) is 0 Å². The first-order valence-corrected chi connectivity index (χ1v) is 5.51. The van der Waals surface area contributed by atoms with Crippen LogP contribution in [0.25, 0.3) is 0 Å². The number of hydrogen-bond acceptors (Lipinski definition) is 3. The van der Waals surface area contributed by atoms with E-state index in [1.807, 2.05) is 19.4 Å². The molecular weight excluding hydrogens is 219 g/mol. The maximum Gasteiger partial charge on any atom is 0.125 e. The number of hydrogen-bond donors (Lipinski definition) is 2. The molecule has 0 amide bonds. The second-order valence-corrected chi connectivity index (χ2v) is 4.22. The molecule has 1 aromatic carbocycles. The van der Waals surface area contributed by atoms with Gasteiger partial charge in [0.25, 0.3) is 0 Å². The van der Waals surface area contributed by atoms with Crippen LogP contribution in [0.3, 0.4) is 0 Å². The van der Waals surface area contributed by atoms with Crippen molar-refractivity contribution in [3.8, 4) is 0 Å². The topological polar surface area (TPSA) is 41.9 Å². The fourth-order valence-corrected chi connectivity index (χ4v) is 2.06. The van der Waals surface area contributed by atoms with Crippen molar-refractivity contribution >= 4 is 11.4 Å². The molecule has 0 radical (unpaired) electrons. The maximum atomic E-state index is 13.1. The minimum atomic E-state index is -0.232. The summed E-state index contributed by atoms with van der Waals surface area (Å²) in [6, 6.07) is 4.83. The molecule has 1 unspecified atom stereocenters. The predicted octanol–water partition coefficient (Wildman–Crippen LogP) is 2.14. The molecule has 0 saturated heterocycles. The summed E-state index contributed by atoms with van der Waals surface area (Å²) in [5.74, 6) is -0.232. The van der Waals surface area contributed by atoms with Gasteiger partial charge in [0.2, 0.25) is 0 Å². The van der Waals surface area contributed by atoms with Crippen LogP contribution in [0.1, 0.15) is 11.6 Å². The SMILES string of the molecule is Cn1cc(C2CNc3ccc(F)cc3N2)cn1. The van der Waals surface area contributed by atoms with Gasteiger partial charge in [0, 0.05) is 25.4 Å². The zero-order valence-electron chi connectivity index (χ0n) is 9.44. The Hall–Kier alpha value is -2.04. The number of nitrogens with one attached hydrogen (secondary N) is 2. The minimum absolute atomic E-state index is 0.123. The lowest BCUT2D eigenvalue weighted by atomic mass is 10.1. The fraction of sp³-hybridized carbons (Fsp3) is 0.250. The Morgan fingerprint density at radius 1 is 1.41 bits per heavy atom. The van der Waals surface area contributed by atoms with Crippen LogP contribution in [-0.2, 0) is 7.05 Å². The van der Waals surface area contributed by atoms with Gasteiger partial charge in [0.05, 0.1) is 23.6 Å². The molecule has 88 valence electrons. The summed E-state index contributed by atoms with van der Waals surface area (Å²) in [6.45, 7) is 0.768. The van der Waals surface area contributed by atoms with E-state index in [-0.39, 0.29) is 11.9 Å². The first kappa shape index (κ1) is 10.1. The Bertz CT molecular complexity index is 549. The van der Waals surface area contributed by atoms with Gasteiger partial charge < -0.3 is 10.6 Å². The van der Waals surface area contributed by atoms with Crippen molar-refractivity contribution in [3.63, 3.8) is 0 Å². The van der Waals surface area contributed by atoms with Gasteiger partial charge >= 0.3 is 0 Å². The number of nitrogens with zero attached hydrogens (tertiary/aromatic N) is 2. The lowest BCUT2D eigenvalue weighted by molar-refractivity contribution is 0.627. The van der Waals surface area contributed by atoms with E-state index in [1.165, 1.54) is 12.1 Å². The summed E-state index contributed by atoms with van der Waals surface area (Å²) < 4.78 is 14.9. The average molecular weight is 232 g/mol. The zero-order valence-corrected chi connectivity index (χ0v) is 9.44. The van der Waals surface area contributed by atoms with E-state index in [2.05, 4.69) is 15.7 Å². The highest BCUT2D eigenvalue weighted by molar-refractivity contribution is 5.71. The number of benzene rings is 1. The molecule has 0 fully saturated rings. The van der Waals surface area contributed by atoms with E-state index in [0.717, 1.165) is 23.5 Å². The lowest BCUT2D eigenvalue weighted by Crippen LogP contribution is -2.25. The van der Waals surface area contributed by atoms with Gasteiger partial charge in [-0.25, -0.2) is 4.39 Å². The van der Waals surface area contributed by atoms with E-state index in [1.54, 1.807) is 10.7 Å². The number of aromatic nitrogens is 2. The summed E-state index contributed by atoms with van der Waals surface area (Å²) in [6.07, 6.45) is 3.78. The highest BCUT2D eigenvalue weighted by Gasteiger charge is 2.19. The van der Waals surface area contributed by atoms with Crippen molar-refractivity contribution in [2.45, 2.75) is 6.04 Å². The molecule has 1 aliphatic rings. The van der Waals surface area contributed by atoms with Crippen molar-refractivity contribution in [3.05, 3.63) is 42.0 Å². The molecule has 1 atom stereocenters. The molecule has 0 bridgehead atoms. The maximum absolute atomic E-state index is 13.1. The van der Waals surface area contributed by atoms with E-state index < -0.39 is 0 Å². The summed E-state index contributed by atoms with van der Waals surface area (Å²) >= 11 is 0.